The summed E-state index contributed by atoms with van der Waals surface area (Å²) in [6.45, 7) is 3.79. The quantitative estimate of drug-likeness (QED) is 0.633. The van der Waals surface area contributed by atoms with Crippen LogP contribution in [0.3, 0.4) is 0 Å². The van der Waals surface area contributed by atoms with E-state index >= 15 is 0 Å². The number of ether oxygens (including phenoxy) is 1. The maximum atomic E-state index is 12.9. The van der Waals surface area contributed by atoms with E-state index in [1.807, 2.05) is 13.0 Å². The zero-order valence-corrected chi connectivity index (χ0v) is 17.0. The molecule has 1 atom stereocenters. The first-order chi connectivity index (χ1) is 11.8. The molecule has 2 rings (SSSR count). The van der Waals surface area contributed by atoms with Gasteiger partial charge in [-0.1, -0.05) is 12.1 Å². The van der Waals surface area contributed by atoms with Crippen LogP contribution in [0.25, 0.3) is 0 Å². The fourth-order valence-corrected chi connectivity index (χ4v) is 3.91. The number of nitrogens with one attached hydrogen (secondary N) is 3. The van der Waals surface area contributed by atoms with Gasteiger partial charge in [-0.25, -0.2) is 13.1 Å². The summed E-state index contributed by atoms with van der Waals surface area (Å²) in [7, 11) is -0.537. The van der Waals surface area contributed by atoms with Gasteiger partial charge in [0.05, 0.1) is 23.0 Å². The molecular formula is C17H28ClN3O4S. The monoisotopic (exact) mass is 405 g/mol. The van der Waals surface area contributed by atoms with E-state index in [9.17, 15) is 13.2 Å². The number of piperidine rings is 1. The maximum Gasteiger partial charge on any atom is 0.240 e. The van der Waals surface area contributed by atoms with Gasteiger partial charge in [-0.3, -0.25) is 4.79 Å². The molecule has 0 saturated carbocycles. The third-order valence-electron chi connectivity index (χ3n) is 4.75. The zero-order chi connectivity index (χ0) is 18.5. The SMILES string of the molecule is CNS(=O)(=O)c1cccc(C(C)NC(=O)C2(COC)CCNCC2)c1.Cl. The van der Waals surface area contributed by atoms with Crippen LogP contribution in [0.1, 0.15) is 31.4 Å². The summed E-state index contributed by atoms with van der Waals surface area (Å²) in [6, 6.07) is 6.30. The first-order valence-corrected chi connectivity index (χ1v) is 9.87. The summed E-state index contributed by atoms with van der Waals surface area (Å²) in [4.78, 5) is 13.1. The first-order valence-electron chi connectivity index (χ1n) is 8.39. The van der Waals surface area contributed by atoms with E-state index in [4.69, 9.17) is 4.74 Å². The molecule has 7 nitrogen and oxygen atoms in total. The number of sulfonamides is 1. The molecule has 0 aromatic heterocycles. The normalized spacial score (nSPS) is 17.8. The Bertz CT molecular complexity index is 700. The van der Waals surface area contributed by atoms with Crippen molar-refractivity contribution in [3.8, 4) is 0 Å². The molecule has 0 spiro atoms. The fraction of sp³-hybridized carbons (Fsp3) is 0.588. The van der Waals surface area contributed by atoms with Crippen LogP contribution in [0, 0.1) is 5.41 Å². The van der Waals surface area contributed by atoms with Gasteiger partial charge < -0.3 is 15.4 Å². The van der Waals surface area contributed by atoms with Gasteiger partial charge >= 0.3 is 0 Å². The second-order valence-electron chi connectivity index (χ2n) is 6.44. The molecule has 0 radical (unpaired) electrons. The number of carbonyl (C=O) groups excluding carboxylic acids is 1. The molecule has 26 heavy (non-hydrogen) atoms. The van der Waals surface area contributed by atoms with Crippen LogP contribution in [-0.2, 0) is 19.6 Å². The van der Waals surface area contributed by atoms with Gasteiger partial charge in [0.2, 0.25) is 15.9 Å². The van der Waals surface area contributed by atoms with Crippen molar-refractivity contribution in [3.05, 3.63) is 29.8 Å². The van der Waals surface area contributed by atoms with Crippen molar-refractivity contribution in [3.63, 3.8) is 0 Å². The molecule has 9 heteroatoms. The minimum absolute atomic E-state index is 0. The van der Waals surface area contributed by atoms with Gasteiger partial charge in [0.1, 0.15) is 0 Å². The molecule has 1 saturated heterocycles. The highest BCUT2D eigenvalue weighted by Gasteiger charge is 2.40. The average molecular weight is 406 g/mol. The van der Waals surface area contributed by atoms with Crippen molar-refractivity contribution in [1.29, 1.82) is 0 Å². The average Bonchev–Trinajstić information content (AvgIpc) is 2.62. The molecule has 148 valence electrons. The van der Waals surface area contributed by atoms with Crippen molar-refractivity contribution in [2.45, 2.75) is 30.7 Å². The van der Waals surface area contributed by atoms with Crippen molar-refractivity contribution < 1.29 is 17.9 Å². The van der Waals surface area contributed by atoms with Gasteiger partial charge in [-0.05, 0) is 57.6 Å². The first kappa shape index (κ1) is 22.9. The highest BCUT2D eigenvalue weighted by Crippen LogP contribution is 2.30. The lowest BCUT2D eigenvalue weighted by Crippen LogP contribution is -2.50. The zero-order valence-electron chi connectivity index (χ0n) is 15.4. The van der Waals surface area contributed by atoms with Crippen molar-refractivity contribution in [1.82, 2.24) is 15.4 Å². The molecule has 1 aromatic carbocycles. The van der Waals surface area contributed by atoms with Gasteiger partial charge in [-0.15, -0.1) is 12.4 Å². The van der Waals surface area contributed by atoms with Gasteiger partial charge in [0, 0.05) is 7.11 Å². The number of hydrogen-bond acceptors (Lipinski definition) is 5. The Morgan fingerprint density at radius 1 is 1.35 bits per heavy atom. The fourth-order valence-electron chi connectivity index (χ4n) is 3.12. The van der Waals surface area contributed by atoms with Crippen LogP contribution in [0.2, 0.25) is 0 Å². The van der Waals surface area contributed by atoms with Crippen LogP contribution in [0.4, 0.5) is 0 Å². The number of hydrogen-bond donors (Lipinski definition) is 3. The smallest absolute Gasteiger partial charge is 0.240 e. The topological polar surface area (TPSA) is 96.5 Å². The second-order valence-corrected chi connectivity index (χ2v) is 8.33. The lowest BCUT2D eigenvalue weighted by atomic mass is 9.78. The standard InChI is InChI=1S/C17H27N3O4S.ClH/c1-13(14-5-4-6-15(11-14)25(22,23)18-2)20-16(21)17(12-24-3)7-9-19-10-8-17;/h4-6,11,13,18-19H,7-10,12H2,1-3H3,(H,20,21);1H. The third-order valence-corrected chi connectivity index (χ3v) is 6.16. The van der Waals surface area contributed by atoms with Gasteiger partial charge in [0.15, 0.2) is 0 Å². The summed E-state index contributed by atoms with van der Waals surface area (Å²) in [5.74, 6) is -0.0507. The second kappa shape index (κ2) is 9.66. The summed E-state index contributed by atoms with van der Waals surface area (Å²) in [6.07, 6.45) is 1.43. The molecule has 1 unspecified atom stereocenters. The Hall–Kier alpha value is -1.19. The Balaban J connectivity index is 0.00000338. The predicted octanol–water partition coefficient (Wildman–Crippen LogP) is 1.21. The number of halogens is 1. The Morgan fingerprint density at radius 2 is 2.00 bits per heavy atom. The lowest BCUT2D eigenvalue weighted by Gasteiger charge is -2.36. The Labute approximate surface area is 161 Å². The highest BCUT2D eigenvalue weighted by molar-refractivity contribution is 7.89. The molecule has 1 amide bonds. The van der Waals surface area contributed by atoms with Gasteiger partial charge in [-0.2, -0.15) is 0 Å². The number of methoxy groups -OCH3 is 1. The Kier molecular flexibility index (Phi) is 8.49. The predicted molar refractivity (Wildman–Crippen MR) is 103 cm³/mol. The highest BCUT2D eigenvalue weighted by atomic mass is 35.5. The minimum atomic E-state index is -3.51. The molecule has 0 aliphatic carbocycles. The number of rotatable bonds is 7. The van der Waals surface area contributed by atoms with Crippen molar-refractivity contribution >= 4 is 28.3 Å². The molecule has 1 fully saturated rings. The molecular weight excluding hydrogens is 378 g/mol. The molecule has 1 aliphatic rings. The van der Waals surface area contributed by atoms with Crippen LogP contribution in [0.15, 0.2) is 29.2 Å². The van der Waals surface area contributed by atoms with E-state index in [-0.39, 0.29) is 29.3 Å². The lowest BCUT2D eigenvalue weighted by molar-refractivity contribution is -0.136. The van der Waals surface area contributed by atoms with Crippen molar-refractivity contribution in [2.24, 2.45) is 5.41 Å². The maximum absolute atomic E-state index is 12.9. The minimum Gasteiger partial charge on any atom is -0.384 e. The number of benzene rings is 1. The summed E-state index contributed by atoms with van der Waals surface area (Å²) in [5, 5.41) is 6.29. The van der Waals surface area contributed by atoms with Crippen LogP contribution in [-0.4, -0.2) is 48.2 Å². The molecule has 1 aromatic rings. The largest absolute Gasteiger partial charge is 0.384 e. The number of amides is 1. The van der Waals surface area contributed by atoms with Crippen LogP contribution in [0.5, 0.6) is 0 Å². The summed E-state index contributed by atoms with van der Waals surface area (Å²) in [5.41, 5.74) is 0.203. The summed E-state index contributed by atoms with van der Waals surface area (Å²) >= 11 is 0. The third kappa shape index (κ3) is 5.17. The van der Waals surface area contributed by atoms with E-state index in [1.165, 1.54) is 13.1 Å². The molecule has 0 bridgehead atoms. The van der Waals surface area contributed by atoms with Crippen molar-refractivity contribution in [2.75, 3.05) is 33.9 Å². The van der Waals surface area contributed by atoms with Crippen LogP contribution >= 0.6 is 12.4 Å². The number of carbonyl (C=O) groups is 1. The molecule has 3 N–H and O–H groups in total. The summed E-state index contributed by atoms with van der Waals surface area (Å²) < 4.78 is 31.5. The molecule has 1 aliphatic heterocycles. The Morgan fingerprint density at radius 3 is 2.58 bits per heavy atom. The van der Waals surface area contributed by atoms with E-state index < -0.39 is 15.4 Å². The van der Waals surface area contributed by atoms with E-state index in [0.717, 1.165) is 18.7 Å². The van der Waals surface area contributed by atoms with E-state index in [0.29, 0.717) is 19.4 Å². The van der Waals surface area contributed by atoms with E-state index in [1.54, 1.807) is 19.2 Å². The van der Waals surface area contributed by atoms with E-state index in [2.05, 4.69) is 15.4 Å². The van der Waals surface area contributed by atoms with Gasteiger partial charge in [0.25, 0.3) is 0 Å². The van der Waals surface area contributed by atoms with Crippen LogP contribution < -0.4 is 15.4 Å². The molecule has 1 heterocycles.